The minimum absolute atomic E-state index is 0.612. The van der Waals surface area contributed by atoms with Crippen molar-refractivity contribution in [1.29, 1.82) is 0 Å². The van der Waals surface area contributed by atoms with Crippen LogP contribution in [-0.2, 0) is 13.5 Å². The van der Waals surface area contributed by atoms with Gasteiger partial charge in [-0.15, -0.1) is 0 Å². The molecule has 2 rings (SSSR count). The predicted molar refractivity (Wildman–Crippen MR) is 69.0 cm³/mol. The Morgan fingerprint density at radius 1 is 1.29 bits per heavy atom. The molecule has 0 bridgehead atoms. The van der Waals surface area contributed by atoms with E-state index < -0.39 is 0 Å². The van der Waals surface area contributed by atoms with Gasteiger partial charge in [0.2, 0.25) is 0 Å². The zero-order valence-electron chi connectivity index (χ0n) is 10.4. The third kappa shape index (κ3) is 1.98. The van der Waals surface area contributed by atoms with E-state index in [0.29, 0.717) is 5.82 Å². The lowest BCUT2D eigenvalue weighted by molar-refractivity contribution is 0.415. The van der Waals surface area contributed by atoms with Gasteiger partial charge in [-0.1, -0.05) is 6.92 Å². The maximum Gasteiger partial charge on any atom is 0.149 e. The summed E-state index contributed by atoms with van der Waals surface area (Å²) in [5.74, 6) is 1.46. The zero-order valence-corrected chi connectivity index (χ0v) is 10.4. The van der Waals surface area contributed by atoms with Gasteiger partial charge in [0, 0.05) is 18.2 Å². The molecule has 0 radical (unpaired) electrons. The van der Waals surface area contributed by atoms with Gasteiger partial charge in [-0.05, 0) is 30.7 Å². The van der Waals surface area contributed by atoms with E-state index in [9.17, 15) is 0 Å². The van der Waals surface area contributed by atoms with Crippen molar-refractivity contribution in [3.63, 3.8) is 0 Å². The highest BCUT2D eigenvalue weighted by molar-refractivity contribution is 5.69. The molecule has 0 aliphatic heterocycles. The van der Waals surface area contributed by atoms with Gasteiger partial charge in [0.1, 0.15) is 11.6 Å². The third-order valence-electron chi connectivity index (χ3n) is 2.89. The Morgan fingerprint density at radius 3 is 2.47 bits per heavy atom. The maximum atomic E-state index is 5.89. The van der Waals surface area contributed by atoms with Crippen LogP contribution in [0.4, 0.5) is 5.82 Å². The molecule has 0 fully saturated rings. The van der Waals surface area contributed by atoms with E-state index in [-0.39, 0.29) is 0 Å². The number of benzene rings is 1. The number of aryl methyl sites for hydroxylation is 1. The number of nitrogen functional groups attached to an aromatic ring is 1. The maximum absolute atomic E-state index is 5.89. The third-order valence-corrected chi connectivity index (χ3v) is 2.89. The number of anilines is 1. The van der Waals surface area contributed by atoms with E-state index in [2.05, 4.69) is 12.0 Å². The fourth-order valence-electron chi connectivity index (χ4n) is 2.05. The van der Waals surface area contributed by atoms with Crippen LogP contribution in [0, 0.1) is 0 Å². The highest BCUT2D eigenvalue weighted by Gasteiger charge is 2.13. The lowest BCUT2D eigenvalue weighted by Crippen LogP contribution is -1.95. The van der Waals surface area contributed by atoms with E-state index in [0.717, 1.165) is 29.0 Å². The van der Waals surface area contributed by atoms with Crippen molar-refractivity contribution in [2.45, 2.75) is 13.3 Å². The molecule has 0 saturated carbocycles. The first-order valence-electron chi connectivity index (χ1n) is 5.63. The first-order chi connectivity index (χ1) is 8.17. The number of aromatic nitrogens is 2. The first-order valence-corrected chi connectivity index (χ1v) is 5.63. The van der Waals surface area contributed by atoms with E-state index in [1.807, 2.05) is 36.0 Å². The van der Waals surface area contributed by atoms with Crippen LogP contribution in [0.3, 0.4) is 0 Å². The van der Waals surface area contributed by atoms with Gasteiger partial charge in [-0.3, -0.25) is 4.68 Å². The zero-order chi connectivity index (χ0) is 12.4. The molecule has 90 valence electrons. The molecule has 0 unspecified atom stereocenters. The van der Waals surface area contributed by atoms with Gasteiger partial charge in [0.15, 0.2) is 0 Å². The van der Waals surface area contributed by atoms with Crippen molar-refractivity contribution in [2.75, 3.05) is 12.8 Å². The normalized spacial score (nSPS) is 10.5. The fraction of sp³-hybridized carbons (Fsp3) is 0.308. The van der Waals surface area contributed by atoms with Crippen molar-refractivity contribution in [3.05, 3.63) is 29.8 Å². The average molecular weight is 231 g/mol. The van der Waals surface area contributed by atoms with Crippen molar-refractivity contribution in [3.8, 4) is 17.0 Å². The average Bonchev–Trinajstić information content (AvgIpc) is 2.63. The SMILES string of the molecule is CCc1c(N)nn(C)c1-c1ccc(OC)cc1. The van der Waals surface area contributed by atoms with Gasteiger partial charge in [0.05, 0.1) is 12.8 Å². The molecule has 0 aliphatic carbocycles. The van der Waals surface area contributed by atoms with E-state index in [4.69, 9.17) is 10.5 Å². The lowest BCUT2D eigenvalue weighted by atomic mass is 10.1. The highest BCUT2D eigenvalue weighted by Crippen LogP contribution is 2.28. The van der Waals surface area contributed by atoms with Crippen LogP contribution in [0.15, 0.2) is 24.3 Å². The summed E-state index contributed by atoms with van der Waals surface area (Å²) in [5.41, 5.74) is 9.17. The molecule has 0 spiro atoms. The molecule has 0 amide bonds. The molecule has 0 atom stereocenters. The Balaban J connectivity index is 2.51. The van der Waals surface area contributed by atoms with Crippen molar-refractivity contribution in [2.24, 2.45) is 7.05 Å². The Hall–Kier alpha value is -1.97. The van der Waals surface area contributed by atoms with Crippen LogP contribution in [0.1, 0.15) is 12.5 Å². The van der Waals surface area contributed by atoms with E-state index in [1.54, 1.807) is 7.11 Å². The van der Waals surface area contributed by atoms with E-state index >= 15 is 0 Å². The quantitative estimate of drug-likeness (QED) is 0.881. The van der Waals surface area contributed by atoms with Crippen LogP contribution >= 0.6 is 0 Å². The molecule has 0 aliphatic rings. The van der Waals surface area contributed by atoms with Crippen LogP contribution < -0.4 is 10.5 Å². The molecule has 4 heteroatoms. The number of nitrogens with zero attached hydrogens (tertiary/aromatic N) is 2. The molecular formula is C13H17N3O. The monoisotopic (exact) mass is 231 g/mol. The van der Waals surface area contributed by atoms with Crippen LogP contribution in [0.25, 0.3) is 11.3 Å². The summed E-state index contributed by atoms with van der Waals surface area (Å²) >= 11 is 0. The number of hydrogen-bond acceptors (Lipinski definition) is 3. The van der Waals surface area contributed by atoms with Gasteiger partial charge >= 0.3 is 0 Å². The number of ether oxygens (including phenoxy) is 1. The summed E-state index contributed by atoms with van der Waals surface area (Å²) in [5, 5.41) is 4.26. The summed E-state index contributed by atoms with van der Waals surface area (Å²) in [6, 6.07) is 7.93. The topological polar surface area (TPSA) is 53.1 Å². The van der Waals surface area contributed by atoms with Crippen molar-refractivity contribution < 1.29 is 4.74 Å². The predicted octanol–water partition coefficient (Wildman–Crippen LogP) is 2.24. The molecule has 2 aromatic rings. The van der Waals surface area contributed by atoms with Gasteiger partial charge in [0.25, 0.3) is 0 Å². The number of methoxy groups -OCH3 is 1. The van der Waals surface area contributed by atoms with Crippen molar-refractivity contribution >= 4 is 5.82 Å². The van der Waals surface area contributed by atoms with Crippen LogP contribution in [0.2, 0.25) is 0 Å². The van der Waals surface area contributed by atoms with Gasteiger partial charge in [-0.2, -0.15) is 5.10 Å². The van der Waals surface area contributed by atoms with Crippen LogP contribution in [-0.4, -0.2) is 16.9 Å². The van der Waals surface area contributed by atoms with E-state index in [1.165, 1.54) is 0 Å². The molecular weight excluding hydrogens is 214 g/mol. The Labute approximate surface area is 101 Å². The molecule has 4 nitrogen and oxygen atoms in total. The molecule has 1 aromatic heterocycles. The minimum Gasteiger partial charge on any atom is -0.497 e. The fourth-order valence-corrected chi connectivity index (χ4v) is 2.05. The second kappa shape index (κ2) is 4.49. The summed E-state index contributed by atoms with van der Waals surface area (Å²) in [6.07, 6.45) is 0.876. The van der Waals surface area contributed by atoms with Gasteiger partial charge in [-0.25, -0.2) is 0 Å². The Kier molecular flexibility index (Phi) is 3.04. The molecule has 1 heterocycles. The molecule has 2 N–H and O–H groups in total. The van der Waals surface area contributed by atoms with Gasteiger partial charge < -0.3 is 10.5 Å². The number of rotatable bonds is 3. The molecule has 1 aromatic carbocycles. The summed E-state index contributed by atoms with van der Waals surface area (Å²) in [4.78, 5) is 0. The van der Waals surface area contributed by atoms with Crippen LogP contribution in [0.5, 0.6) is 5.75 Å². The second-order valence-corrected chi connectivity index (χ2v) is 3.92. The largest absolute Gasteiger partial charge is 0.497 e. The first kappa shape index (κ1) is 11.5. The summed E-state index contributed by atoms with van der Waals surface area (Å²) in [7, 11) is 3.57. The Bertz CT molecular complexity index is 514. The summed E-state index contributed by atoms with van der Waals surface area (Å²) in [6.45, 7) is 2.08. The smallest absolute Gasteiger partial charge is 0.149 e. The summed E-state index contributed by atoms with van der Waals surface area (Å²) < 4.78 is 6.98. The Morgan fingerprint density at radius 2 is 1.94 bits per heavy atom. The lowest BCUT2D eigenvalue weighted by Gasteiger charge is -2.06. The molecule has 17 heavy (non-hydrogen) atoms. The number of nitrogens with two attached hydrogens (primary N) is 1. The van der Waals surface area contributed by atoms with Crippen molar-refractivity contribution in [1.82, 2.24) is 9.78 Å². The number of hydrogen-bond donors (Lipinski definition) is 1. The highest BCUT2D eigenvalue weighted by atomic mass is 16.5. The standard InChI is InChI=1S/C13H17N3O/c1-4-11-12(16(2)15-13(11)14)9-5-7-10(17-3)8-6-9/h5-8H,4H2,1-3H3,(H2,14,15). The minimum atomic E-state index is 0.612. The molecule has 0 saturated heterocycles. The second-order valence-electron chi connectivity index (χ2n) is 3.92.